The number of hydrogen-bond donors (Lipinski definition) is 1. The number of ether oxygens (including phenoxy) is 1. The largest absolute Gasteiger partial charge is 0.497 e. The average Bonchev–Trinajstić information content (AvgIpc) is 2.66. The molecule has 7 heteroatoms. The molecule has 3 aromatic rings. The van der Waals surface area contributed by atoms with Gasteiger partial charge >= 0.3 is 6.18 Å². The third kappa shape index (κ3) is 4.23. The molecule has 142 valence electrons. The number of nitrogens with zero attached hydrogens (tertiary/aromatic N) is 2. The van der Waals surface area contributed by atoms with E-state index in [1.54, 1.807) is 38.3 Å². The second kappa shape index (κ2) is 7.61. The van der Waals surface area contributed by atoms with E-state index in [4.69, 9.17) is 10.5 Å². The van der Waals surface area contributed by atoms with Crippen LogP contribution in [-0.4, -0.2) is 17.1 Å². The van der Waals surface area contributed by atoms with Gasteiger partial charge in [-0.05, 0) is 37.3 Å². The van der Waals surface area contributed by atoms with E-state index in [-0.39, 0.29) is 17.2 Å². The number of anilines is 1. The standard InChI is InChI=1S/C21H16F3N3O/c1-13-18(10-9-14-5-3-8-17(11-14)28-2)19(27-20(25)26-13)15-6-4-7-16(12-15)21(22,23)24/h3-8,11-12H,1-2H3,(H2,25,26,27). The van der Waals surface area contributed by atoms with Gasteiger partial charge in [0.25, 0.3) is 0 Å². The lowest BCUT2D eigenvalue weighted by Gasteiger charge is -2.11. The molecule has 0 aliphatic rings. The summed E-state index contributed by atoms with van der Waals surface area (Å²) < 4.78 is 44.4. The van der Waals surface area contributed by atoms with Crippen LogP contribution < -0.4 is 10.5 Å². The molecular formula is C21H16F3N3O. The van der Waals surface area contributed by atoms with Crippen LogP contribution >= 0.6 is 0 Å². The topological polar surface area (TPSA) is 61.0 Å². The van der Waals surface area contributed by atoms with E-state index in [0.717, 1.165) is 12.1 Å². The molecular weight excluding hydrogens is 367 g/mol. The van der Waals surface area contributed by atoms with Gasteiger partial charge in [-0.15, -0.1) is 0 Å². The summed E-state index contributed by atoms with van der Waals surface area (Å²) in [6.07, 6.45) is -4.46. The fraction of sp³-hybridized carbons (Fsp3) is 0.143. The van der Waals surface area contributed by atoms with Gasteiger partial charge in [-0.2, -0.15) is 13.2 Å². The molecule has 0 saturated carbocycles. The first kappa shape index (κ1) is 19.2. The Morgan fingerprint density at radius 3 is 2.46 bits per heavy atom. The maximum Gasteiger partial charge on any atom is 0.416 e. The summed E-state index contributed by atoms with van der Waals surface area (Å²) >= 11 is 0. The summed E-state index contributed by atoms with van der Waals surface area (Å²) in [6.45, 7) is 1.69. The second-order valence-corrected chi connectivity index (χ2v) is 5.95. The number of nitrogen functional groups attached to an aromatic ring is 1. The molecule has 0 atom stereocenters. The molecule has 3 rings (SSSR count). The zero-order valence-corrected chi connectivity index (χ0v) is 15.1. The van der Waals surface area contributed by atoms with Crippen molar-refractivity contribution in [2.24, 2.45) is 0 Å². The van der Waals surface area contributed by atoms with Crippen molar-refractivity contribution < 1.29 is 17.9 Å². The number of alkyl halides is 3. The van der Waals surface area contributed by atoms with Crippen molar-refractivity contribution in [1.29, 1.82) is 0 Å². The van der Waals surface area contributed by atoms with E-state index in [2.05, 4.69) is 21.8 Å². The van der Waals surface area contributed by atoms with E-state index in [9.17, 15) is 13.2 Å². The molecule has 0 aliphatic heterocycles. The van der Waals surface area contributed by atoms with Crippen LogP contribution in [-0.2, 0) is 6.18 Å². The number of aryl methyl sites for hydroxylation is 1. The molecule has 1 aromatic heterocycles. The minimum Gasteiger partial charge on any atom is -0.497 e. The van der Waals surface area contributed by atoms with Crippen LogP contribution in [0.15, 0.2) is 48.5 Å². The molecule has 2 aromatic carbocycles. The molecule has 0 bridgehead atoms. The van der Waals surface area contributed by atoms with E-state index in [0.29, 0.717) is 22.6 Å². The minimum absolute atomic E-state index is 0.0307. The lowest BCUT2D eigenvalue weighted by Crippen LogP contribution is -2.06. The molecule has 4 nitrogen and oxygen atoms in total. The molecule has 28 heavy (non-hydrogen) atoms. The summed E-state index contributed by atoms with van der Waals surface area (Å²) in [5, 5.41) is 0. The van der Waals surface area contributed by atoms with Crippen molar-refractivity contribution in [2.45, 2.75) is 13.1 Å². The Morgan fingerprint density at radius 1 is 1.00 bits per heavy atom. The predicted molar refractivity (Wildman–Crippen MR) is 101 cm³/mol. The highest BCUT2D eigenvalue weighted by atomic mass is 19.4. The number of nitrogens with two attached hydrogens (primary N) is 1. The number of methoxy groups -OCH3 is 1. The lowest BCUT2D eigenvalue weighted by molar-refractivity contribution is -0.137. The van der Waals surface area contributed by atoms with Crippen LogP contribution in [0.1, 0.15) is 22.4 Å². The lowest BCUT2D eigenvalue weighted by atomic mass is 10.0. The fourth-order valence-electron chi connectivity index (χ4n) is 2.63. The normalized spacial score (nSPS) is 10.9. The summed E-state index contributed by atoms with van der Waals surface area (Å²) in [5.41, 5.74) is 7.06. The fourth-order valence-corrected chi connectivity index (χ4v) is 2.63. The van der Waals surface area contributed by atoms with Gasteiger partial charge in [0.2, 0.25) is 5.95 Å². The molecule has 0 fully saturated rings. The Labute approximate surface area is 160 Å². The van der Waals surface area contributed by atoms with Crippen LogP contribution in [0.2, 0.25) is 0 Å². The van der Waals surface area contributed by atoms with Gasteiger partial charge in [-0.1, -0.05) is 30.0 Å². The van der Waals surface area contributed by atoms with Gasteiger partial charge in [-0.3, -0.25) is 0 Å². The number of benzene rings is 2. The highest BCUT2D eigenvalue weighted by Crippen LogP contribution is 2.33. The van der Waals surface area contributed by atoms with Gasteiger partial charge in [-0.25, -0.2) is 9.97 Å². The third-order valence-electron chi connectivity index (χ3n) is 3.97. The first-order valence-corrected chi connectivity index (χ1v) is 8.26. The molecule has 0 amide bonds. The Balaban J connectivity index is 2.13. The van der Waals surface area contributed by atoms with Crippen molar-refractivity contribution in [3.8, 4) is 28.8 Å². The number of halogens is 3. The summed E-state index contributed by atoms with van der Waals surface area (Å²) in [6, 6.07) is 12.0. The van der Waals surface area contributed by atoms with E-state index in [1.807, 2.05) is 0 Å². The monoisotopic (exact) mass is 383 g/mol. The number of aromatic nitrogens is 2. The maximum atomic E-state index is 13.1. The Morgan fingerprint density at radius 2 is 1.75 bits per heavy atom. The first-order chi connectivity index (χ1) is 13.3. The highest BCUT2D eigenvalue weighted by Gasteiger charge is 2.30. The zero-order valence-electron chi connectivity index (χ0n) is 15.1. The smallest absolute Gasteiger partial charge is 0.416 e. The molecule has 0 spiro atoms. The van der Waals surface area contributed by atoms with Crippen LogP contribution in [0.3, 0.4) is 0 Å². The summed E-state index contributed by atoms with van der Waals surface area (Å²) in [7, 11) is 1.55. The van der Waals surface area contributed by atoms with Gasteiger partial charge in [0, 0.05) is 11.1 Å². The zero-order chi connectivity index (χ0) is 20.3. The van der Waals surface area contributed by atoms with Crippen LogP contribution in [0.5, 0.6) is 5.75 Å². The van der Waals surface area contributed by atoms with Crippen molar-refractivity contribution in [3.63, 3.8) is 0 Å². The molecule has 0 radical (unpaired) electrons. The van der Waals surface area contributed by atoms with Crippen LogP contribution in [0.25, 0.3) is 11.3 Å². The predicted octanol–water partition coefficient (Wildman–Crippen LogP) is 4.46. The van der Waals surface area contributed by atoms with Crippen LogP contribution in [0.4, 0.5) is 19.1 Å². The molecule has 0 saturated heterocycles. The Bertz CT molecular complexity index is 1080. The van der Waals surface area contributed by atoms with Gasteiger partial charge in [0.05, 0.1) is 29.6 Å². The van der Waals surface area contributed by atoms with Crippen molar-refractivity contribution >= 4 is 5.95 Å². The van der Waals surface area contributed by atoms with Gasteiger partial charge < -0.3 is 10.5 Å². The summed E-state index contributed by atoms with van der Waals surface area (Å²) in [5.74, 6) is 6.56. The van der Waals surface area contributed by atoms with E-state index in [1.165, 1.54) is 12.1 Å². The molecule has 2 N–H and O–H groups in total. The second-order valence-electron chi connectivity index (χ2n) is 5.95. The van der Waals surface area contributed by atoms with Gasteiger partial charge in [0.1, 0.15) is 5.75 Å². The molecule has 1 heterocycles. The van der Waals surface area contributed by atoms with E-state index < -0.39 is 11.7 Å². The first-order valence-electron chi connectivity index (χ1n) is 8.26. The van der Waals surface area contributed by atoms with Gasteiger partial charge in [0.15, 0.2) is 0 Å². The van der Waals surface area contributed by atoms with Crippen molar-refractivity contribution in [3.05, 3.63) is 70.9 Å². The van der Waals surface area contributed by atoms with Crippen molar-refractivity contribution in [2.75, 3.05) is 12.8 Å². The Hall–Kier alpha value is -3.53. The SMILES string of the molecule is COc1cccc(C#Cc2c(C)nc(N)nc2-c2cccc(C(F)(F)F)c2)c1. The quantitative estimate of drug-likeness (QED) is 0.664. The van der Waals surface area contributed by atoms with Crippen molar-refractivity contribution in [1.82, 2.24) is 9.97 Å². The Kier molecular flexibility index (Phi) is 5.23. The maximum absolute atomic E-state index is 13.1. The van der Waals surface area contributed by atoms with Crippen LogP contribution in [0, 0.1) is 18.8 Å². The molecule has 0 aliphatic carbocycles. The minimum atomic E-state index is -4.46. The third-order valence-corrected chi connectivity index (χ3v) is 3.97. The highest BCUT2D eigenvalue weighted by molar-refractivity contribution is 5.70. The van der Waals surface area contributed by atoms with E-state index >= 15 is 0 Å². The molecule has 0 unspecified atom stereocenters. The number of rotatable bonds is 2. The average molecular weight is 383 g/mol. The number of hydrogen-bond acceptors (Lipinski definition) is 4. The summed E-state index contributed by atoms with van der Waals surface area (Å²) in [4.78, 5) is 8.24.